The quantitative estimate of drug-likeness (QED) is 0.801. The summed E-state index contributed by atoms with van der Waals surface area (Å²) in [5.74, 6) is 0.205. The summed E-state index contributed by atoms with van der Waals surface area (Å²) in [7, 11) is 1.63. The summed E-state index contributed by atoms with van der Waals surface area (Å²) in [4.78, 5) is 16.2. The van der Waals surface area contributed by atoms with Crippen molar-refractivity contribution in [2.45, 2.75) is 6.42 Å². The van der Waals surface area contributed by atoms with Gasteiger partial charge in [-0.3, -0.25) is 9.69 Å². The Morgan fingerprint density at radius 2 is 1.90 bits per heavy atom. The van der Waals surface area contributed by atoms with E-state index in [1.54, 1.807) is 7.11 Å². The van der Waals surface area contributed by atoms with Crippen molar-refractivity contribution in [3.63, 3.8) is 0 Å². The molecular weight excluding hydrogens is 264 g/mol. The van der Waals surface area contributed by atoms with E-state index in [1.807, 2.05) is 23.1 Å². The number of hydrogen-bond acceptors (Lipinski definition) is 3. The summed E-state index contributed by atoms with van der Waals surface area (Å²) in [6.45, 7) is 4.98. The number of methoxy groups -OCH3 is 1. The molecule has 4 nitrogen and oxygen atoms in total. The SMILES string of the molecule is COCCC(=O)N1CCN(CC=Cc2ccccc2)CC1. The van der Waals surface area contributed by atoms with Crippen LogP contribution in [-0.2, 0) is 9.53 Å². The Kier molecular flexibility index (Phi) is 6.44. The van der Waals surface area contributed by atoms with Gasteiger partial charge in [0.1, 0.15) is 0 Å². The first-order chi connectivity index (χ1) is 10.3. The predicted octanol–water partition coefficient (Wildman–Crippen LogP) is 1.88. The summed E-state index contributed by atoms with van der Waals surface area (Å²) in [6, 6.07) is 10.3. The monoisotopic (exact) mass is 288 g/mol. The van der Waals surface area contributed by atoms with Crippen LogP contribution in [0.4, 0.5) is 0 Å². The standard InChI is InChI=1S/C17H24N2O2/c1-21-15-9-17(20)19-13-11-18(12-14-19)10-5-8-16-6-3-2-4-7-16/h2-8H,9-15H2,1H3. The first-order valence-electron chi connectivity index (χ1n) is 7.50. The van der Waals surface area contributed by atoms with Crippen LogP contribution in [-0.4, -0.2) is 62.1 Å². The second kappa shape index (κ2) is 8.60. The molecule has 1 heterocycles. The average molecular weight is 288 g/mol. The van der Waals surface area contributed by atoms with Crippen molar-refractivity contribution < 1.29 is 9.53 Å². The fraction of sp³-hybridized carbons (Fsp3) is 0.471. The molecule has 1 aromatic carbocycles. The van der Waals surface area contributed by atoms with Gasteiger partial charge < -0.3 is 9.64 Å². The molecule has 0 bridgehead atoms. The van der Waals surface area contributed by atoms with E-state index >= 15 is 0 Å². The Balaban J connectivity index is 1.69. The topological polar surface area (TPSA) is 32.8 Å². The highest BCUT2D eigenvalue weighted by Gasteiger charge is 2.19. The van der Waals surface area contributed by atoms with Crippen LogP contribution in [0.15, 0.2) is 36.4 Å². The van der Waals surface area contributed by atoms with Gasteiger partial charge in [-0.15, -0.1) is 0 Å². The van der Waals surface area contributed by atoms with Crippen molar-refractivity contribution in [2.75, 3.05) is 46.4 Å². The Hall–Kier alpha value is -1.65. The zero-order valence-electron chi connectivity index (χ0n) is 12.7. The molecule has 0 aliphatic carbocycles. The fourth-order valence-electron chi connectivity index (χ4n) is 2.43. The number of benzene rings is 1. The van der Waals surface area contributed by atoms with Crippen LogP contribution in [0.25, 0.3) is 6.08 Å². The van der Waals surface area contributed by atoms with Gasteiger partial charge in [-0.2, -0.15) is 0 Å². The van der Waals surface area contributed by atoms with Crippen LogP contribution >= 0.6 is 0 Å². The highest BCUT2D eigenvalue weighted by atomic mass is 16.5. The number of ether oxygens (including phenoxy) is 1. The number of amides is 1. The normalized spacial score (nSPS) is 16.5. The summed E-state index contributed by atoms with van der Waals surface area (Å²) in [6.07, 6.45) is 4.83. The maximum atomic E-state index is 11.9. The number of carbonyl (C=O) groups excluding carboxylic acids is 1. The van der Waals surface area contributed by atoms with Crippen molar-refractivity contribution >= 4 is 12.0 Å². The van der Waals surface area contributed by atoms with Gasteiger partial charge in [-0.05, 0) is 5.56 Å². The van der Waals surface area contributed by atoms with Crippen molar-refractivity contribution in [1.29, 1.82) is 0 Å². The lowest BCUT2D eigenvalue weighted by Crippen LogP contribution is -2.48. The molecule has 1 amide bonds. The number of rotatable bonds is 6. The van der Waals surface area contributed by atoms with Crippen LogP contribution in [0.2, 0.25) is 0 Å². The van der Waals surface area contributed by atoms with Gasteiger partial charge in [0.05, 0.1) is 13.0 Å². The minimum Gasteiger partial charge on any atom is -0.384 e. The lowest BCUT2D eigenvalue weighted by Gasteiger charge is -2.34. The molecule has 114 valence electrons. The van der Waals surface area contributed by atoms with Crippen molar-refractivity contribution in [3.05, 3.63) is 42.0 Å². The molecule has 0 radical (unpaired) electrons. The van der Waals surface area contributed by atoms with Gasteiger partial charge in [-0.25, -0.2) is 0 Å². The van der Waals surface area contributed by atoms with Crippen LogP contribution in [0.5, 0.6) is 0 Å². The minimum absolute atomic E-state index is 0.205. The van der Waals surface area contributed by atoms with Crippen molar-refractivity contribution in [2.24, 2.45) is 0 Å². The van der Waals surface area contributed by atoms with E-state index in [0.29, 0.717) is 13.0 Å². The van der Waals surface area contributed by atoms with Gasteiger partial charge in [0.15, 0.2) is 0 Å². The molecule has 1 aliphatic heterocycles. The third-order valence-electron chi connectivity index (χ3n) is 3.72. The first kappa shape index (κ1) is 15.7. The molecule has 1 fully saturated rings. The Labute approximate surface area is 127 Å². The largest absolute Gasteiger partial charge is 0.384 e. The van der Waals surface area contributed by atoms with Crippen LogP contribution in [0.1, 0.15) is 12.0 Å². The van der Waals surface area contributed by atoms with E-state index in [9.17, 15) is 4.79 Å². The van der Waals surface area contributed by atoms with Gasteiger partial charge in [0, 0.05) is 39.8 Å². The average Bonchev–Trinajstić information content (AvgIpc) is 2.54. The van der Waals surface area contributed by atoms with E-state index in [-0.39, 0.29) is 5.91 Å². The second-order valence-corrected chi connectivity index (χ2v) is 5.24. The van der Waals surface area contributed by atoms with Gasteiger partial charge in [0.25, 0.3) is 0 Å². The highest BCUT2D eigenvalue weighted by molar-refractivity contribution is 5.76. The number of nitrogens with zero attached hydrogens (tertiary/aromatic N) is 2. The lowest BCUT2D eigenvalue weighted by molar-refractivity contribution is -0.133. The van der Waals surface area contributed by atoms with Gasteiger partial charge in [0.2, 0.25) is 5.91 Å². The third kappa shape index (κ3) is 5.33. The molecule has 4 heteroatoms. The summed E-state index contributed by atoms with van der Waals surface area (Å²) < 4.78 is 4.95. The third-order valence-corrected chi connectivity index (χ3v) is 3.72. The number of carbonyl (C=O) groups is 1. The molecule has 0 atom stereocenters. The fourth-order valence-corrected chi connectivity index (χ4v) is 2.43. The summed E-state index contributed by atoms with van der Waals surface area (Å²) in [5.41, 5.74) is 1.23. The van der Waals surface area contributed by atoms with Crippen molar-refractivity contribution in [1.82, 2.24) is 9.80 Å². The second-order valence-electron chi connectivity index (χ2n) is 5.24. The summed E-state index contributed by atoms with van der Waals surface area (Å²) in [5, 5.41) is 0. The predicted molar refractivity (Wildman–Crippen MR) is 85.0 cm³/mol. The van der Waals surface area contributed by atoms with Crippen LogP contribution in [0, 0.1) is 0 Å². The molecule has 0 aromatic heterocycles. The Bertz CT molecular complexity index is 451. The Morgan fingerprint density at radius 1 is 1.19 bits per heavy atom. The first-order valence-corrected chi connectivity index (χ1v) is 7.50. The van der Waals surface area contributed by atoms with Crippen LogP contribution < -0.4 is 0 Å². The number of hydrogen-bond donors (Lipinski definition) is 0. The maximum Gasteiger partial charge on any atom is 0.224 e. The van der Waals surface area contributed by atoms with Gasteiger partial charge >= 0.3 is 0 Å². The van der Waals surface area contributed by atoms with E-state index in [4.69, 9.17) is 4.74 Å². The lowest BCUT2D eigenvalue weighted by atomic mass is 10.2. The zero-order valence-corrected chi connectivity index (χ0v) is 12.7. The van der Waals surface area contributed by atoms with E-state index in [1.165, 1.54) is 5.56 Å². The van der Waals surface area contributed by atoms with E-state index in [0.717, 1.165) is 32.7 Å². The van der Waals surface area contributed by atoms with E-state index in [2.05, 4.69) is 29.2 Å². The molecule has 0 spiro atoms. The number of piperazine rings is 1. The highest BCUT2D eigenvalue weighted by Crippen LogP contribution is 2.05. The molecule has 0 saturated carbocycles. The molecule has 1 aliphatic rings. The molecule has 1 aromatic rings. The van der Waals surface area contributed by atoms with Gasteiger partial charge in [-0.1, -0.05) is 42.5 Å². The summed E-state index contributed by atoms with van der Waals surface area (Å²) >= 11 is 0. The zero-order chi connectivity index (χ0) is 14.9. The maximum absolute atomic E-state index is 11.9. The van der Waals surface area contributed by atoms with E-state index < -0.39 is 0 Å². The minimum atomic E-state index is 0.205. The molecule has 21 heavy (non-hydrogen) atoms. The molecular formula is C17H24N2O2. The molecule has 2 rings (SSSR count). The van der Waals surface area contributed by atoms with Crippen molar-refractivity contribution in [3.8, 4) is 0 Å². The van der Waals surface area contributed by atoms with Crippen LogP contribution in [0.3, 0.4) is 0 Å². The molecule has 0 unspecified atom stereocenters. The molecule has 1 saturated heterocycles. The smallest absolute Gasteiger partial charge is 0.224 e. The Morgan fingerprint density at radius 3 is 2.57 bits per heavy atom. The molecule has 0 N–H and O–H groups in total.